The van der Waals surface area contributed by atoms with Crippen molar-refractivity contribution in [2.45, 2.75) is 39.8 Å². The molecule has 0 saturated heterocycles. The quantitative estimate of drug-likeness (QED) is 0.186. The smallest absolute Gasteiger partial charge is 0.265 e. The minimum Gasteiger partial charge on any atom is -0.493 e. The van der Waals surface area contributed by atoms with Crippen LogP contribution in [0.25, 0.3) is 22.1 Å². The number of benzene rings is 3. The van der Waals surface area contributed by atoms with E-state index in [-0.39, 0.29) is 0 Å². The summed E-state index contributed by atoms with van der Waals surface area (Å²) < 4.78 is 13.8. The van der Waals surface area contributed by atoms with Crippen LogP contribution in [-0.2, 0) is 13.2 Å². The number of nitrogens with zero attached hydrogens (tertiary/aromatic N) is 5. The fraction of sp³-hybridized carbons (Fsp3) is 0.241. The van der Waals surface area contributed by atoms with E-state index in [0.717, 1.165) is 52.6 Å². The van der Waals surface area contributed by atoms with Gasteiger partial charge in [-0.3, -0.25) is 0 Å². The molecule has 0 aliphatic heterocycles. The first-order valence-electron chi connectivity index (χ1n) is 12.4. The van der Waals surface area contributed by atoms with Gasteiger partial charge in [-0.2, -0.15) is 10.1 Å². The maximum Gasteiger partial charge on any atom is 0.265 e. The van der Waals surface area contributed by atoms with Crippen LogP contribution in [0.2, 0.25) is 0 Å². The van der Waals surface area contributed by atoms with Gasteiger partial charge in [-0.1, -0.05) is 55.8 Å². The zero-order valence-corrected chi connectivity index (χ0v) is 21.3. The standard InChI is InChI=1S/C29H30N6O2/c1-4-5-16-35-24-13-9-8-12-23(24)27-28(35)31-29(34-32-27)33-30-18-21-14-15-25(26(17-21)36-3)37-19-22-11-7-6-10-20(22)2/h6-15,17-18H,4-5,16,19H2,1-3H3,(H,31,33,34)/b30-18+. The van der Waals surface area contributed by atoms with Crippen molar-refractivity contribution in [1.82, 2.24) is 19.7 Å². The monoisotopic (exact) mass is 494 g/mol. The molecule has 188 valence electrons. The lowest BCUT2D eigenvalue weighted by Crippen LogP contribution is -2.03. The molecular weight excluding hydrogens is 464 g/mol. The summed E-state index contributed by atoms with van der Waals surface area (Å²) in [7, 11) is 1.63. The molecule has 0 spiro atoms. The van der Waals surface area contributed by atoms with Crippen LogP contribution >= 0.6 is 0 Å². The summed E-state index contributed by atoms with van der Waals surface area (Å²) in [5.41, 5.74) is 8.81. The number of nitrogens with one attached hydrogen (secondary N) is 1. The number of ether oxygens (including phenoxy) is 2. The molecule has 0 saturated carbocycles. The third-order valence-electron chi connectivity index (χ3n) is 6.32. The summed E-state index contributed by atoms with van der Waals surface area (Å²) in [6.07, 6.45) is 3.85. The van der Waals surface area contributed by atoms with E-state index in [0.29, 0.717) is 24.1 Å². The SMILES string of the molecule is CCCCn1c2ccccc2c2nnc(N/N=C/c3ccc(OCc4ccccc4C)c(OC)c3)nc21. The molecule has 0 fully saturated rings. The van der Waals surface area contributed by atoms with Crippen LogP contribution in [0.4, 0.5) is 5.95 Å². The van der Waals surface area contributed by atoms with Crippen molar-refractivity contribution >= 4 is 34.2 Å². The Morgan fingerprint density at radius 1 is 1.00 bits per heavy atom. The fourth-order valence-corrected chi connectivity index (χ4v) is 4.27. The Kier molecular flexibility index (Phi) is 7.26. The Morgan fingerprint density at radius 2 is 1.84 bits per heavy atom. The van der Waals surface area contributed by atoms with E-state index in [4.69, 9.17) is 14.5 Å². The van der Waals surface area contributed by atoms with E-state index in [1.807, 2.05) is 42.5 Å². The minimum absolute atomic E-state index is 0.342. The molecule has 3 aromatic carbocycles. The Hall–Kier alpha value is -4.46. The normalized spacial score (nSPS) is 11.4. The minimum atomic E-state index is 0.342. The maximum absolute atomic E-state index is 6.01. The van der Waals surface area contributed by atoms with E-state index >= 15 is 0 Å². The number of aryl methyl sites for hydroxylation is 2. The van der Waals surface area contributed by atoms with Crippen LogP contribution in [0, 0.1) is 6.92 Å². The molecule has 37 heavy (non-hydrogen) atoms. The van der Waals surface area contributed by atoms with Crippen LogP contribution in [-0.4, -0.2) is 33.1 Å². The summed E-state index contributed by atoms with van der Waals surface area (Å²) in [6.45, 7) is 5.60. The summed E-state index contributed by atoms with van der Waals surface area (Å²) in [4.78, 5) is 4.72. The van der Waals surface area contributed by atoms with Crippen molar-refractivity contribution < 1.29 is 9.47 Å². The number of hydrogen-bond acceptors (Lipinski definition) is 7. The first kappa shape index (κ1) is 24.2. The molecule has 8 nitrogen and oxygen atoms in total. The van der Waals surface area contributed by atoms with Gasteiger partial charge in [0, 0.05) is 11.9 Å². The van der Waals surface area contributed by atoms with Crippen LogP contribution in [0.5, 0.6) is 11.5 Å². The van der Waals surface area contributed by atoms with Crippen LogP contribution < -0.4 is 14.9 Å². The molecule has 1 N–H and O–H groups in total. The second kappa shape index (κ2) is 11.1. The third kappa shape index (κ3) is 5.23. The summed E-state index contributed by atoms with van der Waals surface area (Å²) >= 11 is 0. The highest BCUT2D eigenvalue weighted by Gasteiger charge is 2.14. The van der Waals surface area contributed by atoms with Crippen LogP contribution in [0.3, 0.4) is 0 Å². The molecule has 0 radical (unpaired) electrons. The Bertz CT molecular complexity index is 1560. The molecule has 0 amide bonds. The van der Waals surface area contributed by atoms with Crippen molar-refractivity contribution in [2.75, 3.05) is 12.5 Å². The maximum atomic E-state index is 6.01. The second-order valence-electron chi connectivity index (χ2n) is 8.83. The highest BCUT2D eigenvalue weighted by molar-refractivity contribution is 6.04. The topological polar surface area (TPSA) is 86.5 Å². The lowest BCUT2D eigenvalue weighted by atomic mass is 10.1. The molecule has 0 unspecified atom stereocenters. The number of rotatable bonds is 10. The van der Waals surface area contributed by atoms with Gasteiger partial charge in [-0.05, 0) is 54.3 Å². The van der Waals surface area contributed by atoms with E-state index < -0.39 is 0 Å². The van der Waals surface area contributed by atoms with E-state index in [9.17, 15) is 0 Å². The zero-order valence-electron chi connectivity index (χ0n) is 21.3. The van der Waals surface area contributed by atoms with Gasteiger partial charge in [0.1, 0.15) is 12.1 Å². The van der Waals surface area contributed by atoms with Crippen LogP contribution in [0.15, 0.2) is 71.8 Å². The average Bonchev–Trinajstić information content (AvgIpc) is 3.24. The summed E-state index contributed by atoms with van der Waals surface area (Å²) in [6, 6.07) is 22.1. The van der Waals surface area contributed by atoms with E-state index in [1.54, 1.807) is 13.3 Å². The van der Waals surface area contributed by atoms with E-state index in [2.05, 4.69) is 63.4 Å². The molecule has 5 rings (SSSR count). The predicted octanol–water partition coefficient (Wildman–Crippen LogP) is 6.12. The number of para-hydroxylation sites is 1. The number of fused-ring (bicyclic) bond motifs is 3. The molecule has 0 aliphatic rings. The molecule has 2 heterocycles. The van der Waals surface area contributed by atoms with Crippen molar-refractivity contribution in [1.29, 1.82) is 0 Å². The van der Waals surface area contributed by atoms with Gasteiger partial charge in [0.05, 0.1) is 18.8 Å². The molecule has 8 heteroatoms. The Morgan fingerprint density at radius 3 is 2.68 bits per heavy atom. The average molecular weight is 495 g/mol. The summed E-state index contributed by atoms with van der Waals surface area (Å²) in [5.74, 6) is 1.65. The highest BCUT2D eigenvalue weighted by Crippen LogP contribution is 2.29. The molecule has 0 bridgehead atoms. The molecule has 0 atom stereocenters. The van der Waals surface area contributed by atoms with Crippen molar-refractivity contribution in [2.24, 2.45) is 5.10 Å². The number of aromatic nitrogens is 4. The van der Waals surface area contributed by atoms with Gasteiger partial charge in [0.2, 0.25) is 0 Å². The molecular formula is C29H30N6O2. The summed E-state index contributed by atoms with van der Waals surface area (Å²) in [5, 5.41) is 14.1. The number of anilines is 1. The molecule has 2 aromatic heterocycles. The number of hydrazone groups is 1. The van der Waals surface area contributed by atoms with E-state index in [1.165, 1.54) is 5.56 Å². The third-order valence-corrected chi connectivity index (χ3v) is 6.32. The van der Waals surface area contributed by atoms with Gasteiger partial charge >= 0.3 is 0 Å². The van der Waals surface area contributed by atoms with Gasteiger partial charge in [-0.15, -0.1) is 10.2 Å². The largest absolute Gasteiger partial charge is 0.493 e. The van der Waals surface area contributed by atoms with Crippen molar-refractivity contribution in [3.63, 3.8) is 0 Å². The van der Waals surface area contributed by atoms with Crippen molar-refractivity contribution in [3.05, 3.63) is 83.4 Å². The molecule has 0 aliphatic carbocycles. The fourth-order valence-electron chi connectivity index (χ4n) is 4.27. The van der Waals surface area contributed by atoms with Crippen LogP contribution in [0.1, 0.15) is 36.5 Å². The van der Waals surface area contributed by atoms with Gasteiger partial charge in [0.25, 0.3) is 5.95 Å². The van der Waals surface area contributed by atoms with Gasteiger partial charge in [-0.25, -0.2) is 5.43 Å². The lowest BCUT2D eigenvalue weighted by Gasteiger charge is -2.12. The van der Waals surface area contributed by atoms with Gasteiger partial charge < -0.3 is 14.0 Å². The Labute approximate surface area is 216 Å². The molecule has 5 aromatic rings. The number of hydrogen-bond donors (Lipinski definition) is 1. The number of unbranched alkanes of at least 4 members (excludes halogenated alkanes) is 1. The number of methoxy groups -OCH3 is 1. The van der Waals surface area contributed by atoms with Crippen molar-refractivity contribution in [3.8, 4) is 11.5 Å². The first-order valence-corrected chi connectivity index (χ1v) is 12.4. The predicted molar refractivity (Wildman–Crippen MR) is 147 cm³/mol. The Balaban J connectivity index is 1.32. The van der Waals surface area contributed by atoms with Gasteiger partial charge in [0.15, 0.2) is 17.1 Å². The second-order valence-corrected chi connectivity index (χ2v) is 8.83. The lowest BCUT2D eigenvalue weighted by molar-refractivity contribution is 0.284. The first-order chi connectivity index (χ1) is 18.2. The highest BCUT2D eigenvalue weighted by atomic mass is 16.5. The zero-order chi connectivity index (χ0) is 25.6.